The van der Waals surface area contributed by atoms with E-state index in [0.29, 0.717) is 24.4 Å². The second kappa shape index (κ2) is 10.9. The average molecular weight is 479 g/mol. The Morgan fingerprint density at radius 2 is 1.88 bits per heavy atom. The molecule has 3 heterocycles. The molecular formula is C24H32Cl2N4O2. The predicted octanol–water partition coefficient (Wildman–Crippen LogP) is 4.49. The van der Waals surface area contributed by atoms with Crippen LogP contribution in [-0.4, -0.2) is 56.5 Å². The molecule has 2 amide bonds. The van der Waals surface area contributed by atoms with Crippen molar-refractivity contribution < 1.29 is 9.59 Å². The van der Waals surface area contributed by atoms with E-state index >= 15 is 0 Å². The topological polar surface area (TPSA) is 66.7 Å². The van der Waals surface area contributed by atoms with E-state index in [1.165, 1.54) is 0 Å². The summed E-state index contributed by atoms with van der Waals surface area (Å²) >= 11 is 12.5. The fourth-order valence-corrected chi connectivity index (χ4v) is 5.49. The molecule has 3 unspecified atom stereocenters. The van der Waals surface area contributed by atoms with Gasteiger partial charge in [0, 0.05) is 49.5 Å². The van der Waals surface area contributed by atoms with Gasteiger partial charge in [-0.1, -0.05) is 12.8 Å². The van der Waals surface area contributed by atoms with Gasteiger partial charge in [-0.25, -0.2) is 4.98 Å². The third kappa shape index (κ3) is 5.76. The molecule has 32 heavy (non-hydrogen) atoms. The molecule has 0 spiro atoms. The number of piperidine rings is 1. The summed E-state index contributed by atoms with van der Waals surface area (Å²) in [5.74, 6) is 0.934. The Balaban J connectivity index is 1.11. The monoisotopic (exact) mass is 478 g/mol. The Morgan fingerprint density at radius 3 is 2.66 bits per heavy atom. The lowest BCUT2D eigenvalue weighted by Crippen LogP contribution is -2.44. The first kappa shape index (κ1) is 23.4. The molecule has 4 rings (SSSR count). The highest BCUT2D eigenvalue weighted by Gasteiger charge is 2.34. The summed E-state index contributed by atoms with van der Waals surface area (Å²) in [6.45, 7) is 2.39. The first-order valence-electron chi connectivity index (χ1n) is 11.8. The molecule has 2 fully saturated rings. The highest BCUT2D eigenvalue weighted by atomic mass is 35.5. The summed E-state index contributed by atoms with van der Waals surface area (Å²) in [7, 11) is 0. The van der Waals surface area contributed by atoms with Gasteiger partial charge in [-0.15, -0.1) is 23.2 Å². The Bertz CT molecular complexity index is 926. The minimum atomic E-state index is -0.0915. The number of halogens is 2. The Hall–Kier alpha value is -1.79. The number of unbranched alkanes of at least 4 members (excludes halogenated alkanes) is 1. The van der Waals surface area contributed by atoms with Gasteiger partial charge in [0.05, 0.1) is 10.9 Å². The zero-order valence-corrected chi connectivity index (χ0v) is 19.9. The number of fused-ring (bicyclic) bond motifs is 1. The van der Waals surface area contributed by atoms with Crippen LogP contribution in [0.25, 0.3) is 5.65 Å². The largest absolute Gasteiger partial charge is 0.352 e. The third-order valence-electron chi connectivity index (χ3n) is 6.94. The number of amides is 2. The normalized spacial score (nSPS) is 24.6. The van der Waals surface area contributed by atoms with Crippen LogP contribution < -0.4 is 5.32 Å². The Morgan fingerprint density at radius 1 is 1.06 bits per heavy atom. The summed E-state index contributed by atoms with van der Waals surface area (Å²) in [5.41, 5.74) is 1.48. The van der Waals surface area contributed by atoms with Gasteiger partial charge in [-0.3, -0.25) is 9.59 Å². The smallest absolute Gasteiger partial charge is 0.252 e. The number of carbonyl (C=O) groups is 2. The molecule has 2 aromatic rings. The van der Waals surface area contributed by atoms with Gasteiger partial charge in [0.15, 0.2) is 0 Å². The highest BCUT2D eigenvalue weighted by Crippen LogP contribution is 2.33. The van der Waals surface area contributed by atoms with Gasteiger partial charge in [0.25, 0.3) is 5.91 Å². The molecule has 174 valence electrons. The lowest BCUT2D eigenvalue weighted by atomic mass is 9.86. The van der Waals surface area contributed by atoms with Gasteiger partial charge in [0.1, 0.15) is 5.65 Å². The molecule has 0 bridgehead atoms. The van der Waals surface area contributed by atoms with Crippen LogP contribution in [0.5, 0.6) is 0 Å². The minimum Gasteiger partial charge on any atom is -0.352 e. The molecule has 1 N–H and O–H groups in total. The van der Waals surface area contributed by atoms with Crippen LogP contribution in [0.1, 0.15) is 61.7 Å². The van der Waals surface area contributed by atoms with E-state index in [4.69, 9.17) is 23.2 Å². The Kier molecular flexibility index (Phi) is 7.95. The van der Waals surface area contributed by atoms with Crippen LogP contribution in [0.15, 0.2) is 30.7 Å². The summed E-state index contributed by atoms with van der Waals surface area (Å²) in [6, 6.07) is 3.66. The number of alkyl halides is 2. The fraction of sp³-hybridized carbons (Fsp3) is 0.625. The van der Waals surface area contributed by atoms with Crippen molar-refractivity contribution in [3.8, 4) is 0 Å². The number of hydrogen-bond acceptors (Lipinski definition) is 3. The van der Waals surface area contributed by atoms with Crippen LogP contribution in [-0.2, 0) is 4.79 Å². The van der Waals surface area contributed by atoms with Crippen molar-refractivity contribution in [2.75, 3.05) is 19.6 Å². The number of imidazole rings is 1. The average Bonchev–Trinajstić information content (AvgIpc) is 3.28. The summed E-state index contributed by atoms with van der Waals surface area (Å²) in [6.07, 6.45) is 13.1. The number of pyridine rings is 1. The number of likely N-dealkylation sites (tertiary alicyclic amines) is 1. The molecule has 2 aromatic heterocycles. The van der Waals surface area contributed by atoms with Crippen molar-refractivity contribution in [2.24, 2.45) is 11.8 Å². The lowest BCUT2D eigenvalue weighted by molar-refractivity contribution is -0.137. The van der Waals surface area contributed by atoms with Gasteiger partial charge in [-0.05, 0) is 56.6 Å². The molecular weight excluding hydrogens is 447 g/mol. The first-order chi connectivity index (χ1) is 15.5. The number of nitrogens with one attached hydrogen (secondary N) is 1. The van der Waals surface area contributed by atoms with Crippen molar-refractivity contribution in [1.29, 1.82) is 0 Å². The van der Waals surface area contributed by atoms with E-state index in [9.17, 15) is 9.59 Å². The first-order valence-corrected chi connectivity index (χ1v) is 12.7. The maximum Gasteiger partial charge on any atom is 0.252 e. The van der Waals surface area contributed by atoms with E-state index in [1.807, 2.05) is 21.6 Å². The van der Waals surface area contributed by atoms with E-state index in [2.05, 4.69) is 10.3 Å². The highest BCUT2D eigenvalue weighted by molar-refractivity contribution is 6.30. The number of aromatic nitrogens is 2. The molecule has 1 aliphatic heterocycles. The summed E-state index contributed by atoms with van der Waals surface area (Å²) in [4.78, 5) is 31.4. The standard InChI is InChI=1S/C24H32Cl2N4O2/c25-20-6-4-18(15-21(20)26)24(32)29-12-8-17(9-13-29)3-1-2-10-28-23(31)19-5-7-22-27-11-14-30(22)16-19/h5,7,11,14,16-18,20-21H,1-4,6,8-10,12-13,15H2,(H,28,31). The van der Waals surface area contributed by atoms with Crippen LogP contribution >= 0.6 is 23.2 Å². The number of rotatable bonds is 7. The number of carbonyl (C=O) groups excluding carboxylic acids is 2. The summed E-state index contributed by atoms with van der Waals surface area (Å²) in [5, 5.41) is 2.92. The Labute approximate surface area is 199 Å². The van der Waals surface area contributed by atoms with Gasteiger partial charge in [-0.2, -0.15) is 0 Å². The lowest BCUT2D eigenvalue weighted by Gasteiger charge is -2.36. The molecule has 2 aliphatic rings. The van der Waals surface area contributed by atoms with Crippen molar-refractivity contribution in [3.63, 3.8) is 0 Å². The van der Waals surface area contributed by atoms with E-state index < -0.39 is 0 Å². The van der Waals surface area contributed by atoms with Crippen molar-refractivity contribution >= 4 is 40.7 Å². The number of hydrogen-bond donors (Lipinski definition) is 1. The zero-order valence-electron chi connectivity index (χ0n) is 18.4. The second-order valence-corrected chi connectivity index (χ2v) is 10.3. The number of nitrogens with zero attached hydrogens (tertiary/aromatic N) is 3. The molecule has 0 radical (unpaired) electrons. The van der Waals surface area contributed by atoms with Crippen LogP contribution in [0.4, 0.5) is 0 Å². The van der Waals surface area contributed by atoms with Gasteiger partial charge < -0.3 is 14.6 Å². The van der Waals surface area contributed by atoms with Crippen LogP contribution in [0, 0.1) is 11.8 Å². The van der Waals surface area contributed by atoms with E-state index in [0.717, 1.165) is 63.7 Å². The molecule has 1 aliphatic carbocycles. The third-order valence-corrected chi connectivity index (χ3v) is 8.08. The van der Waals surface area contributed by atoms with E-state index in [1.54, 1.807) is 18.5 Å². The predicted molar refractivity (Wildman–Crippen MR) is 127 cm³/mol. The van der Waals surface area contributed by atoms with Crippen molar-refractivity contribution in [1.82, 2.24) is 19.6 Å². The maximum absolute atomic E-state index is 12.8. The van der Waals surface area contributed by atoms with Gasteiger partial charge >= 0.3 is 0 Å². The van der Waals surface area contributed by atoms with Crippen LogP contribution in [0.3, 0.4) is 0 Å². The molecule has 3 atom stereocenters. The van der Waals surface area contributed by atoms with Gasteiger partial charge in [0.2, 0.25) is 5.91 Å². The second-order valence-electron chi connectivity index (χ2n) is 9.17. The maximum atomic E-state index is 12.8. The fourth-order valence-electron chi connectivity index (χ4n) is 4.92. The zero-order chi connectivity index (χ0) is 22.5. The van der Waals surface area contributed by atoms with Crippen LogP contribution in [0.2, 0.25) is 0 Å². The van der Waals surface area contributed by atoms with Crippen molar-refractivity contribution in [2.45, 2.75) is 62.1 Å². The molecule has 0 aromatic carbocycles. The quantitative estimate of drug-likeness (QED) is 0.470. The summed E-state index contributed by atoms with van der Waals surface area (Å²) < 4.78 is 1.85. The SMILES string of the molecule is O=C(NCCCCC1CCN(C(=O)C2CCC(Cl)C(Cl)C2)CC1)c1ccc2nccn2c1. The molecule has 6 nitrogen and oxygen atoms in total. The minimum absolute atomic E-state index is 0.00312. The van der Waals surface area contributed by atoms with Crippen molar-refractivity contribution in [3.05, 3.63) is 36.3 Å². The van der Waals surface area contributed by atoms with E-state index in [-0.39, 0.29) is 28.5 Å². The molecule has 1 saturated heterocycles. The molecule has 1 saturated carbocycles. The molecule has 8 heteroatoms.